The van der Waals surface area contributed by atoms with Gasteiger partial charge in [-0.3, -0.25) is 19.5 Å². The molecule has 0 atom stereocenters. The minimum absolute atomic E-state index is 0.0130. The molecule has 2 aliphatic rings. The third-order valence-electron chi connectivity index (χ3n) is 5.84. The van der Waals surface area contributed by atoms with E-state index in [0.717, 1.165) is 11.4 Å². The number of pyridine rings is 1. The Balaban J connectivity index is 1.31. The third kappa shape index (κ3) is 5.06. The molecule has 5 rings (SSSR count). The van der Waals surface area contributed by atoms with Gasteiger partial charge in [-0.2, -0.15) is 0 Å². The van der Waals surface area contributed by atoms with Crippen LogP contribution in [-0.4, -0.2) is 58.7 Å². The van der Waals surface area contributed by atoms with Gasteiger partial charge in [-0.05, 0) is 36.4 Å². The highest BCUT2D eigenvalue weighted by molar-refractivity contribution is 6.52. The normalized spacial score (nSPS) is 16.7. The summed E-state index contributed by atoms with van der Waals surface area (Å²) in [5.74, 6) is 0.547. The van der Waals surface area contributed by atoms with E-state index in [-0.39, 0.29) is 18.2 Å². The van der Waals surface area contributed by atoms with Crippen LogP contribution in [0.1, 0.15) is 6.42 Å². The summed E-state index contributed by atoms with van der Waals surface area (Å²) in [4.78, 5) is 40.3. The molecule has 176 valence electrons. The molecular formula is C27H25N5O3. The molecule has 1 aromatic heterocycles. The Morgan fingerprint density at radius 2 is 1.74 bits per heavy atom. The zero-order valence-electron chi connectivity index (χ0n) is 19.2. The van der Waals surface area contributed by atoms with Gasteiger partial charge in [0.2, 0.25) is 5.91 Å². The SMILES string of the molecule is O=C(CCOc1ccccc1)N1CCN(C2=CN(c3ccccc3)C(=O)C2=Nc2cccnc2)C1. The minimum Gasteiger partial charge on any atom is -0.493 e. The Morgan fingerprint density at radius 3 is 2.49 bits per heavy atom. The van der Waals surface area contributed by atoms with E-state index in [1.165, 1.54) is 0 Å². The molecule has 2 aromatic carbocycles. The van der Waals surface area contributed by atoms with Crippen molar-refractivity contribution in [2.75, 3.05) is 31.3 Å². The Hall–Kier alpha value is -4.46. The molecule has 0 radical (unpaired) electrons. The van der Waals surface area contributed by atoms with Crippen molar-refractivity contribution in [3.63, 3.8) is 0 Å². The van der Waals surface area contributed by atoms with Crippen LogP contribution in [0, 0.1) is 0 Å². The number of benzene rings is 2. The van der Waals surface area contributed by atoms with Crippen LogP contribution < -0.4 is 9.64 Å². The molecule has 2 aliphatic heterocycles. The van der Waals surface area contributed by atoms with E-state index in [1.807, 2.05) is 71.6 Å². The first-order valence-corrected chi connectivity index (χ1v) is 11.5. The van der Waals surface area contributed by atoms with Crippen LogP contribution >= 0.6 is 0 Å². The summed E-state index contributed by atoms with van der Waals surface area (Å²) in [6, 6.07) is 22.5. The van der Waals surface area contributed by atoms with Crippen LogP contribution in [0.2, 0.25) is 0 Å². The number of aliphatic imine (C=N–C) groups is 1. The highest BCUT2D eigenvalue weighted by Crippen LogP contribution is 2.28. The summed E-state index contributed by atoms with van der Waals surface area (Å²) in [5.41, 5.74) is 2.39. The van der Waals surface area contributed by atoms with Gasteiger partial charge in [-0.15, -0.1) is 0 Å². The Kier molecular flexibility index (Phi) is 6.52. The molecule has 0 aliphatic carbocycles. The maximum absolute atomic E-state index is 13.4. The minimum atomic E-state index is -0.212. The fraction of sp³-hybridized carbons (Fsp3) is 0.185. The largest absolute Gasteiger partial charge is 0.493 e. The highest BCUT2D eigenvalue weighted by Gasteiger charge is 2.37. The van der Waals surface area contributed by atoms with Crippen molar-refractivity contribution in [2.24, 2.45) is 4.99 Å². The van der Waals surface area contributed by atoms with Crippen LogP contribution in [0.15, 0.2) is 102 Å². The van der Waals surface area contributed by atoms with Crippen molar-refractivity contribution in [1.29, 1.82) is 0 Å². The van der Waals surface area contributed by atoms with E-state index in [1.54, 1.807) is 34.5 Å². The summed E-state index contributed by atoms with van der Waals surface area (Å²) in [6.07, 6.45) is 5.38. The molecule has 35 heavy (non-hydrogen) atoms. The standard InChI is InChI=1S/C27H25N5O3/c33-25(13-17-35-23-11-5-2-6-12-23)31-16-15-30(20-31)24-19-32(22-9-3-1-4-10-22)27(34)26(24)29-21-8-7-14-28-18-21/h1-12,14,18-19H,13,15-17,20H2. The van der Waals surface area contributed by atoms with Gasteiger partial charge in [0.25, 0.3) is 5.91 Å². The van der Waals surface area contributed by atoms with Crippen LogP contribution in [0.3, 0.4) is 0 Å². The van der Waals surface area contributed by atoms with E-state index in [0.29, 0.717) is 43.5 Å². The number of amides is 2. The fourth-order valence-corrected chi connectivity index (χ4v) is 4.05. The van der Waals surface area contributed by atoms with Crippen LogP contribution in [0.25, 0.3) is 0 Å². The number of carbonyl (C=O) groups excluding carboxylic acids is 2. The second-order valence-electron chi connectivity index (χ2n) is 8.17. The molecule has 0 N–H and O–H groups in total. The van der Waals surface area contributed by atoms with Crippen molar-refractivity contribution >= 4 is 28.9 Å². The first-order valence-electron chi connectivity index (χ1n) is 11.5. The van der Waals surface area contributed by atoms with Gasteiger partial charge in [0.05, 0.1) is 37.3 Å². The number of ether oxygens (including phenoxy) is 1. The number of anilines is 1. The quantitative estimate of drug-likeness (QED) is 0.531. The van der Waals surface area contributed by atoms with Crippen molar-refractivity contribution in [1.82, 2.24) is 14.8 Å². The average Bonchev–Trinajstić information content (AvgIpc) is 3.51. The smallest absolute Gasteiger partial charge is 0.283 e. The van der Waals surface area contributed by atoms with Gasteiger partial charge < -0.3 is 14.5 Å². The Labute approximate surface area is 203 Å². The van der Waals surface area contributed by atoms with E-state index >= 15 is 0 Å². The zero-order chi connectivity index (χ0) is 24.0. The molecule has 0 bridgehead atoms. The molecule has 0 saturated carbocycles. The maximum atomic E-state index is 13.4. The zero-order valence-corrected chi connectivity index (χ0v) is 19.2. The van der Waals surface area contributed by atoms with Crippen molar-refractivity contribution in [3.8, 4) is 5.75 Å². The molecule has 0 unspecified atom stereocenters. The van der Waals surface area contributed by atoms with Gasteiger partial charge in [-0.25, -0.2) is 4.99 Å². The van der Waals surface area contributed by atoms with Gasteiger partial charge in [0.15, 0.2) is 5.71 Å². The maximum Gasteiger partial charge on any atom is 0.283 e. The Morgan fingerprint density at radius 1 is 0.971 bits per heavy atom. The number of aromatic nitrogens is 1. The van der Waals surface area contributed by atoms with E-state index in [4.69, 9.17) is 4.74 Å². The third-order valence-corrected chi connectivity index (χ3v) is 5.84. The summed E-state index contributed by atoms with van der Waals surface area (Å²) >= 11 is 0. The molecule has 8 nitrogen and oxygen atoms in total. The van der Waals surface area contributed by atoms with E-state index in [9.17, 15) is 9.59 Å². The number of hydrogen-bond acceptors (Lipinski definition) is 6. The molecule has 1 fully saturated rings. The number of carbonyl (C=O) groups is 2. The lowest BCUT2D eigenvalue weighted by atomic mass is 10.2. The summed E-state index contributed by atoms with van der Waals surface area (Å²) in [5, 5.41) is 0. The lowest BCUT2D eigenvalue weighted by Crippen LogP contribution is -2.33. The number of nitrogens with zero attached hydrogens (tertiary/aromatic N) is 5. The molecule has 2 amide bonds. The molecule has 0 spiro atoms. The number of hydrogen-bond donors (Lipinski definition) is 0. The first kappa shape index (κ1) is 22.3. The molecule has 3 heterocycles. The van der Waals surface area contributed by atoms with Crippen LogP contribution in [0.5, 0.6) is 5.75 Å². The molecule has 1 saturated heterocycles. The summed E-state index contributed by atoms with van der Waals surface area (Å²) in [7, 11) is 0. The second kappa shape index (κ2) is 10.2. The molecular weight excluding hydrogens is 442 g/mol. The lowest BCUT2D eigenvalue weighted by molar-refractivity contribution is -0.131. The highest BCUT2D eigenvalue weighted by atomic mass is 16.5. The van der Waals surface area contributed by atoms with E-state index in [2.05, 4.69) is 9.98 Å². The summed E-state index contributed by atoms with van der Waals surface area (Å²) < 4.78 is 5.67. The number of rotatable bonds is 7. The van der Waals surface area contributed by atoms with Crippen molar-refractivity contribution in [2.45, 2.75) is 6.42 Å². The van der Waals surface area contributed by atoms with Gasteiger partial charge in [0, 0.05) is 31.2 Å². The molecule has 8 heteroatoms. The average molecular weight is 468 g/mol. The Bertz CT molecular complexity index is 1250. The van der Waals surface area contributed by atoms with Crippen LogP contribution in [-0.2, 0) is 9.59 Å². The predicted octanol–water partition coefficient (Wildman–Crippen LogP) is 3.61. The predicted molar refractivity (Wildman–Crippen MR) is 133 cm³/mol. The van der Waals surface area contributed by atoms with Crippen molar-refractivity contribution < 1.29 is 14.3 Å². The van der Waals surface area contributed by atoms with Crippen molar-refractivity contribution in [3.05, 3.63) is 97.1 Å². The van der Waals surface area contributed by atoms with Crippen LogP contribution in [0.4, 0.5) is 11.4 Å². The monoisotopic (exact) mass is 467 g/mol. The van der Waals surface area contributed by atoms with Gasteiger partial charge >= 0.3 is 0 Å². The van der Waals surface area contributed by atoms with E-state index < -0.39 is 0 Å². The molecule has 3 aromatic rings. The first-order chi connectivity index (χ1) is 17.2. The summed E-state index contributed by atoms with van der Waals surface area (Å²) in [6.45, 7) is 1.88. The van der Waals surface area contributed by atoms with Gasteiger partial charge in [-0.1, -0.05) is 36.4 Å². The lowest BCUT2D eigenvalue weighted by Gasteiger charge is -2.20. The fourth-order valence-electron chi connectivity index (χ4n) is 4.05. The topological polar surface area (TPSA) is 78.3 Å². The number of para-hydroxylation sites is 2. The second-order valence-corrected chi connectivity index (χ2v) is 8.17. The van der Waals surface area contributed by atoms with Gasteiger partial charge in [0.1, 0.15) is 5.75 Å².